The summed E-state index contributed by atoms with van der Waals surface area (Å²) in [5, 5.41) is 13.9. The number of ether oxygens (including phenoxy) is 1. The van der Waals surface area contributed by atoms with Gasteiger partial charge in [0.25, 0.3) is 5.91 Å². The molecular weight excluding hydrogens is 318 g/mol. The van der Waals surface area contributed by atoms with Gasteiger partial charge in [-0.2, -0.15) is 0 Å². The van der Waals surface area contributed by atoms with Crippen LogP contribution in [0.15, 0.2) is 59.0 Å². The SMILES string of the molecule is CC(C)Oc1cccc(C(O)CNC(=O)c2cc3ccccc3o2)c1. The van der Waals surface area contributed by atoms with E-state index >= 15 is 0 Å². The topological polar surface area (TPSA) is 71.7 Å². The summed E-state index contributed by atoms with van der Waals surface area (Å²) >= 11 is 0. The van der Waals surface area contributed by atoms with Crippen molar-refractivity contribution >= 4 is 16.9 Å². The van der Waals surface area contributed by atoms with Gasteiger partial charge in [0.15, 0.2) is 5.76 Å². The summed E-state index contributed by atoms with van der Waals surface area (Å²) in [5.74, 6) is 0.560. The van der Waals surface area contributed by atoms with E-state index in [9.17, 15) is 9.90 Å². The largest absolute Gasteiger partial charge is 0.491 e. The highest BCUT2D eigenvalue weighted by Crippen LogP contribution is 2.21. The zero-order valence-electron chi connectivity index (χ0n) is 14.2. The van der Waals surface area contributed by atoms with E-state index in [2.05, 4.69) is 5.32 Å². The van der Waals surface area contributed by atoms with Crippen molar-refractivity contribution in [2.45, 2.75) is 26.1 Å². The lowest BCUT2D eigenvalue weighted by Gasteiger charge is -2.14. The first-order valence-electron chi connectivity index (χ1n) is 8.24. The van der Waals surface area contributed by atoms with Crippen LogP contribution in [0.25, 0.3) is 11.0 Å². The first-order valence-corrected chi connectivity index (χ1v) is 8.24. The summed E-state index contributed by atoms with van der Waals surface area (Å²) in [7, 11) is 0. The third kappa shape index (κ3) is 4.19. The van der Waals surface area contributed by atoms with Crippen molar-refractivity contribution in [3.8, 4) is 5.75 Å². The first-order chi connectivity index (χ1) is 12.0. The van der Waals surface area contributed by atoms with Crippen LogP contribution in [0.5, 0.6) is 5.75 Å². The number of benzene rings is 2. The number of furan rings is 1. The van der Waals surface area contributed by atoms with Crippen LogP contribution in [0.1, 0.15) is 36.1 Å². The predicted molar refractivity (Wildman–Crippen MR) is 95.7 cm³/mol. The Hall–Kier alpha value is -2.79. The summed E-state index contributed by atoms with van der Waals surface area (Å²) in [5.41, 5.74) is 1.34. The highest BCUT2D eigenvalue weighted by Gasteiger charge is 2.15. The molecule has 0 aliphatic carbocycles. The molecule has 5 heteroatoms. The second kappa shape index (κ2) is 7.40. The molecule has 0 aliphatic heterocycles. The van der Waals surface area contributed by atoms with E-state index < -0.39 is 6.10 Å². The average Bonchev–Trinajstić information content (AvgIpc) is 3.03. The number of carbonyl (C=O) groups is 1. The zero-order valence-corrected chi connectivity index (χ0v) is 14.2. The van der Waals surface area contributed by atoms with E-state index in [0.29, 0.717) is 16.9 Å². The minimum absolute atomic E-state index is 0.0557. The van der Waals surface area contributed by atoms with Crippen LogP contribution in [0.3, 0.4) is 0 Å². The Balaban J connectivity index is 1.63. The number of hydrogen-bond acceptors (Lipinski definition) is 4. The maximum absolute atomic E-state index is 12.2. The molecule has 130 valence electrons. The Morgan fingerprint density at radius 2 is 1.96 bits per heavy atom. The number of amides is 1. The minimum Gasteiger partial charge on any atom is -0.491 e. The van der Waals surface area contributed by atoms with E-state index in [1.807, 2.05) is 44.2 Å². The van der Waals surface area contributed by atoms with Crippen molar-refractivity contribution in [2.75, 3.05) is 6.54 Å². The molecule has 0 saturated carbocycles. The monoisotopic (exact) mass is 339 g/mol. The Bertz CT molecular complexity index is 836. The zero-order chi connectivity index (χ0) is 17.8. The molecule has 5 nitrogen and oxygen atoms in total. The molecule has 0 radical (unpaired) electrons. The fourth-order valence-electron chi connectivity index (χ4n) is 2.56. The van der Waals surface area contributed by atoms with E-state index in [0.717, 1.165) is 5.39 Å². The second-order valence-corrected chi connectivity index (χ2v) is 6.11. The number of carbonyl (C=O) groups excluding carboxylic acids is 1. The molecule has 25 heavy (non-hydrogen) atoms. The van der Waals surface area contributed by atoms with Gasteiger partial charge in [-0.3, -0.25) is 4.79 Å². The molecule has 1 aromatic heterocycles. The maximum atomic E-state index is 12.2. The van der Waals surface area contributed by atoms with Crippen molar-refractivity contribution < 1.29 is 19.1 Å². The van der Waals surface area contributed by atoms with Gasteiger partial charge in [-0.1, -0.05) is 30.3 Å². The highest BCUT2D eigenvalue weighted by atomic mass is 16.5. The number of nitrogens with one attached hydrogen (secondary N) is 1. The van der Waals surface area contributed by atoms with Gasteiger partial charge in [0.05, 0.1) is 12.2 Å². The fraction of sp³-hybridized carbons (Fsp3) is 0.250. The summed E-state index contributed by atoms with van der Waals surface area (Å²) < 4.78 is 11.1. The van der Waals surface area contributed by atoms with E-state index in [1.54, 1.807) is 24.3 Å². The number of fused-ring (bicyclic) bond motifs is 1. The molecule has 0 bridgehead atoms. The van der Waals surface area contributed by atoms with Crippen LogP contribution in [-0.2, 0) is 0 Å². The summed E-state index contributed by atoms with van der Waals surface area (Å²) in [6.07, 6.45) is -0.774. The van der Waals surface area contributed by atoms with Crippen molar-refractivity contribution in [2.24, 2.45) is 0 Å². The third-order valence-electron chi connectivity index (χ3n) is 3.72. The smallest absolute Gasteiger partial charge is 0.287 e. The van der Waals surface area contributed by atoms with Crippen LogP contribution in [0.2, 0.25) is 0 Å². The molecule has 1 amide bonds. The van der Waals surface area contributed by atoms with Gasteiger partial charge in [0.1, 0.15) is 11.3 Å². The normalized spacial score (nSPS) is 12.3. The number of aliphatic hydroxyl groups excluding tert-OH is 1. The van der Waals surface area contributed by atoms with Crippen molar-refractivity contribution in [3.05, 3.63) is 65.9 Å². The fourth-order valence-corrected chi connectivity index (χ4v) is 2.56. The Morgan fingerprint density at radius 3 is 2.72 bits per heavy atom. The molecular formula is C20H21NO4. The standard InChI is InChI=1S/C20H21NO4/c1-13(2)24-16-8-5-7-14(10-16)17(22)12-21-20(23)19-11-15-6-3-4-9-18(15)25-19/h3-11,13,17,22H,12H2,1-2H3,(H,21,23). The van der Waals surface area contributed by atoms with E-state index in [-0.39, 0.29) is 24.3 Å². The lowest BCUT2D eigenvalue weighted by molar-refractivity contribution is 0.0891. The number of hydrogen-bond donors (Lipinski definition) is 2. The molecule has 0 saturated heterocycles. The molecule has 1 atom stereocenters. The second-order valence-electron chi connectivity index (χ2n) is 6.11. The van der Waals surface area contributed by atoms with Crippen LogP contribution >= 0.6 is 0 Å². The summed E-state index contributed by atoms with van der Waals surface area (Å²) in [6, 6.07) is 16.3. The Kier molecular flexibility index (Phi) is 5.05. The van der Waals surface area contributed by atoms with Crippen molar-refractivity contribution in [3.63, 3.8) is 0 Å². The number of aliphatic hydroxyl groups is 1. The average molecular weight is 339 g/mol. The van der Waals surface area contributed by atoms with Crippen molar-refractivity contribution in [1.82, 2.24) is 5.32 Å². The van der Waals surface area contributed by atoms with E-state index in [1.165, 1.54) is 0 Å². The molecule has 1 heterocycles. The molecule has 0 fully saturated rings. The molecule has 3 aromatic rings. The molecule has 1 unspecified atom stereocenters. The van der Waals surface area contributed by atoms with Gasteiger partial charge >= 0.3 is 0 Å². The van der Waals surface area contributed by atoms with Gasteiger partial charge in [0, 0.05) is 11.9 Å². The minimum atomic E-state index is -0.830. The molecule has 2 N–H and O–H groups in total. The summed E-state index contributed by atoms with van der Waals surface area (Å²) in [6.45, 7) is 3.97. The maximum Gasteiger partial charge on any atom is 0.287 e. The first kappa shape index (κ1) is 17.0. The molecule has 0 spiro atoms. The number of para-hydroxylation sites is 1. The van der Waals surface area contributed by atoms with Crippen LogP contribution in [0.4, 0.5) is 0 Å². The van der Waals surface area contributed by atoms with Crippen LogP contribution < -0.4 is 10.1 Å². The van der Waals surface area contributed by atoms with E-state index in [4.69, 9.17) is 9.15 Å². The van der Waals surface area contributed by atoms with Gasteiger partial charge in [-0.15, -0.1) is 0 Å². The van der Waals surface area contributed by atoms with Gasteiger partial charge < -0.3 is 19.6 Å². The molecule has 0 aliphatic rings. The number of rotatable bonds is 6. The highest BCUT2D eigenvalue weighted by molar-refractivity contribution is 5.96. The van der Waals surface area contributed by atoms with Gasteiger partial charge in [-0.25, -0.2) is 0 Å². The third-order valence-corrected chi connectivity index (χ3v) is 3.72. The van der Waals surface area contributed by atoms with Gasteiger partial charge in [0.2, 0.25) is 0 Å². The Morgan fingerprint density at radius 1 is 1.16 bits per heavy atom. The molecule has 3 rings (SSSR count). The summed E-state index contributed by atoms with van der Waals surface area (Å²) in [4.78, 5) is 12.2. The lowest BCUT2D eigenvalue weighted by atomic mass is 10.1. The van der Waals surface area contributed by atoms with Gasteiger partial charge in [-0.05, 0) is 43.7 Å². The Labute approximate surface area is 146 Å². The van der Waals surface area contributed by atoms with Crippen molar-refractivity contribution in [1.29, 1.82) is 0 Å². The predicted octanol–water partition coefficient (Wildman–Crippen LogP) is 3.68. The lowest BCUT2D eigenvalue weighted by Crippen LogP contribution is -2.28. The molecule has 2 aromatic carbocycles. The quantitative estimate of drug-likeness (QED) is 0.718. The van der Waals surface area contributed by atoms with Crippen LogP contribution in [0, 0.1) is 0 Å². The van der Waals surface area contributed by atoms with Crippen LogP contribution in [-0.4, -0.2) is 23.7 Å².